The molecule has 94 valence electrons. The summed E-state index contributed by atoms with van der Waals surface area (Å²) in [4.78, 5) is 0. The van der Waals surface area contributed by atoms with Gasteiger partial charge in [0.25, 0.3) is 0 Å². The third-order valence-corrected chi connectivity index (χ3v) is 3.43. The molecule has 1 atom stereocenters. The Kier molecular flexibility index (Phi) is 2.88. The third kappa shape index (κ3) is 2.16. The Morgan fingerprint density at radius 3 is 2.67 bits per heavy atom. The number of aryl methyl sites for hydroxylation is 1. The maximum absolute atomic E-state index is 6.28. The topological polar surface area (TPSA) is 56.7 Å². The van der Waals surface area contributed by atoms with E-state index in [1.54, 1.807) is 0 Å². The highest BCUT2D eigenvalue weighted by Crippen LogP contribution is 2.37. The highest BCUT2D eigenvalue weighted by Gasteiger charge is 2.29. The number of benzene rings is 1. The molecule has 1 aliphatic rings. The molecule has 18 heavy (non-hydrogen) atoms. The van der Waals surface area contributed by atoms with Crippen LogP contribution in [0, 0.1) is 6.92 Å². The average molecular weight is 242 g/mol. The lowest BCUT2D eigenvalue weighted by molar-refractivity contribution is 0.583. The number of hydrogen-bond acceptors (Lipinski definition) is 3. The molecule has 4 heteroatoms. The van der Waals surface area contributed by atoms with Gasteiger partial charge in [0.05, 0.1) is 6.04 Å². The van der Waals surface area contributed by atoms with Crippen LogP contribution >= 0.6 is 0 Å². The van der Waals surface area contributed by atoms with Gasteiger partial charge >= 0.3 is 0 Å². The van der Waals surface area contributed by atoms with Crippen LogP contribution in [0.15, 0.2) is 30.3 Å². The van der Waals surface area contributed by atoms with Crippen LogP contribution in [-0.4, -0.2) is 14.8 Å². The number of nitrogens with two attached hydrogens (primary N) is 1. The zero-order valence-corrected chi connectivity index (χ0v) is 10.6. The van der Waals surface area contributed by atoms with Crippen molar-refractivity contribution in [1.82, 2.24) is 14.8 Å². The van der Waals surface area contributed by atoms with E-state index in [9.17, 15) is 0 Å². The van der Waals surface area contributed by atoms with Crippen LogP contribution in [0.5, 0.6) is 0 Å². The number of nitrogens with zero attached hydrogens (tertiary/aromatic N) is 3. The highest BCUT2D eigenvalue weighted by atomic mass is 15.3. The van der Waals surface area contributed by atoms with E-state index < -0.39 is 0 Å². The smallest absolute Gasteiger partial charge is 0.150 e. The van der Waals surface area contributed by atoms with Crippen molar-refractivity contribution in [3.63, 3.8) is 0 Å². The molecule has 3 rings (SSSR count). The van der Waals surface area contributed by atoms with Crippen molar-refractivity contribution in [2.75, 3.05) is 0 Å². The van der Waals surface area contributed by atoms with Gasteiger partial charge in [0, 0.05) is 6.04 Å². The standard InChI is InChI=1S/C14H18N4/c1-10-16-17-14(18(10)12-7-8-12)13(15)9-11-5-3-2-4-6-11/h2-6,12-13H,7-9,15H2,1H3/t13-/m1/s1. The number of hydrogen-bond donors (Lipinski definition) is 1. The highest BCUT2D eigenvalue weighted by molar-refractivity contribution is 5.18. The molecule has 1 saturated carbocycles. The Hall–Kier alpha value is -1.68. The minimum atomic E-state index is -0.0748. The number of rotatable bonds is 4. The van der Waals surface area contributed by atoms with Gasteiger partial charge in [-0.3, -0.25) is 0 Å². The van der Waals surface area contributed by atoms with E-state index in [0.717, 1.165) is 18.1 Å². The summed E-state index contributed by atoms with van der Waals surface area (Å²) in [5, 5.41) is 8.43. The van der Waals surface area contributed by atoms with Gasteiger partial charge in [-0.05, 0) is 31.7 Å². The molecule has 4 nitrogen and oxygen atoms in total. The van der Waals surface area contributed by atoms with Crippen LogP contribution in [0.1, 0.15) is 42.1 Å². The second-order valence-corrected chi connectivity index (χ2v) is 5.00. The normalized spacial score (nSPS) is 16.8. The van der Waals surface area contributed by atoms with Crippen molar-refractivity contribution >= 4 is 0 Å². The summed E-state index contributed by atoms with van der Waals surface area (Å²) < 4.78 is 2.22. The molecule has 0 unspecified atom stereocenters. The molecule has 0 spiro atoms. The Morgan fingerprint density at radius 2 is 2.00 bits per heavy atom. The Morgan fingerprint density at radius 1 is 1.28 bits per heavy atom. The molecule has 1 fully saturated rings. The number of aromatic nitrogens is 3. The molecule has 1 aromatic carbocycles. The fraction of sp³-hybridized carbons (Fsp3) is 0.429. The monoisotopic (exact) mass is 242 g/mol. The first-order valence-corrected chi connectivity index (χ1v) is 6.46. The van der Waals surface area contributed by atoms with Crippen molar-refractivity contribution in [2.45, 2.75) is 38.3 Å². The summed E-state index contributed by atoms with van der Waals surface area (Å²) in [6, 6.07) is 10.8. The molecule has 2 N–H and O–H groups in total. The van der Waals surface area contributed by atoms with Crippen molar-refractivity contribution in [3.8, 4) is 0 Å². The quantitative estimate of drug-likeness (QED) is 0.893. The van der Waals surface area contributed by atoms with Gasteiger partial charge in [0.2, 0.25) is 0 Å². The molecule has 0 amide bonds. The molecule has 1 aliphatic carbocycles. The van der Waals surface area contributed by atoms with E-state index in [4.69, 9.17) is 5.73 Å². The first-order valence-electron chi connectivity index (χ1n) is 6.46. The molecule has 0 aliphatic heterocycles. The van der Waals surface area contributed by atoms with E-state index in [0.29, 0.717) is 6.04 Å². The van der Waals surface area contributed by atoms with Gasteiger partial charge in [-0.1, -0.05) is 30.3 Å². The van der Waals surface area contributed by atoms with Crippen molar-refractivity contribution in [1.29, 1.82) is 0 Å². The summed E-state index contributed by atoms with van der Waals surface area (Å²) in [6.45, 7) is 2.00. The molecular weight excluding hydrogens is 224 g/mol. The van der Waals surface area contributed by atoms with E-state index in [2.05, 4.69) is 26.9 Å². The first-order chi connectivity index (χ1) is 8.75. The molecule has 0 radical (unpaired) electrons. The van der Waals surface area contributed by atoms with Crippen molar-refractivity contribution in [2.24, 2.45) is 5.73 Å². The van der Waals surface area contributed by atoms with Crippen LogP contribution in [0.4, 0.5) is 0 Å². The molecule has 2 aromatic rings. The van der Waals surface area contributed by atoms with Crippen molar-refractivity contribution in [3.05, 3.63) is 47.5 Å². The van der Waals surface area contributed by atoms with E-state index in [-0.39, 0.29) is 6.04 Å². The first kappa shape index (κ1) is 11.4. The maximum Gasteiger partial charge on any atom is 0.150 e. The summed E-state index contributed by atoms with van der Waals surface area (Å²) in [7, 11) is 0. The van der Waals surface area contributed by atoms with Gasteiger partial charge in [-0.25, -0.2) is 0 Å². The van der Waals surface area contributed by atoms with Crippen LogP contribution in [0.3, 0.4) is 0 Å². The lowest BCUT2D eigenvalue weighted by atomic mass is 10.1. The van der Waals surface area contributed by atoms with Gasteiger partial charge in [0.1, 0.15) is 5.82 Å². The van der Waals surface area contributed by atoms with E-state index in [1.807, 2.05) is 25.1 Å². The predicted octanol–water partition coefficient (Wildman–Crippen LogP) is 2.16. The van der Waals surface area contributed by atoms with Crippen LogP contribution in [0.2, 0.25) is 0 Å². The average Bonchev–Trinajstić information content (AvgIpc) is 3.13. The van der Waals surface area contributed by atoms with Gasteiger partial charge in [0.15, 0.2) is 5.82 Å². The fourth-order valence-corrected chi connectivity index (χ4v) is 2.38. The van der Waals surface area contributed by atoms with Gasteiger partial charge < -0.3 is 10.3 Å². The minimum absolute atomic E-state index is 0.0748. The van der Waals surface area contributed by atoms with Crippen LogP contribution < -0.4 is 5.73 Å². The lowest BCUT2D eigenvalue weighted by Crippen LogP contribution is -2.19. The molecule has 1 aromatic heterocycles. The zero-order chi connectivity index (χ0) is 12.5. The van der Waals surface area contributed by atoms with Gasteiger partial charge in [-0.15, -0.1) is 10.2 Å². The zero-order valence-electron chi connectivity index (χ0n) is 10.6. The summed E-state index contributed by atoms with van der Waals surface area (Å²) in [5.41, 5.74) is 7.53. The largest absolute Gasteiger partial charge is 0.321 e. The second kappa shape index (κ2) is 4.53. The second-order valence-electron chi connectivity index (χ2n) is 5.00. The van der Waals surface area contributed by atoms with Crippen LogP contribution in [-0.2, 0) is 6.42 Å². The lowest BCUT2D eigenvalue weighted by Gasteiger charge is -2.13. The summed E-state index contributed by atoms with van der Waals surface area (Å²) in [6.07, 6.45) is 3.26. The Bertz CT molecular complexity index is 528. The SMILES string of the molecule is Cc1nnc([C@H](N)Cc2ccccc2)n1C1CC1. The summed E-state index contributed by atoms with van der Waals surface area (Å²) >= 11 is 0. The fourth-order valence-electron chi connectivity index (χ4n) is 2.38. The predicted molar refractivity (Wildman–Crippen MR) is 70.1 cm³/mol. The van der Waals surface area contributed by atoms with E-state index >= 15 is 0 Å². The molecular formula is C14H18N4. The minimum Gasteiger partial charge on any atom is -0.321 e. The maximum atomic E-state index is 6.28. The van der Waals surface area contributed by atoms with Crippen LogP contribution in [0.25, 0.3) is 0 Å². The molecule has 0 saturated heterocycles. The Labute approximate surface area is 107 Å². The summed E-state index contributed by atoms with van der Waals surface area (Å²) in [5.74, 6) is 1.91. The molecule has 0 bridgehead atoms. The van der Waals surface area contributed by atoms with Gasteiger partial charge in [-0.2, -0.15) is 0 Å². The molecule has 1 heterocycles. The van der Waals surface area contributed by atoms with E-state index in [1.165, 1.54) is 18.4 Å². The third-order valence-electron chi connectivity index (χ3n) is 3.43. The van der Waals surface area contributed by atoms with Crippen molar-refractivity contribution < 1.29 is 0 Å². The Balaban J connectivity index is 1.82.